The van der Waals surface area contributed by atoms with Gasteiger partial charge in [0, 0.05) is 24.6 Å². The van der Waals surface area contributed by atoms with Crippen LogP contribution < -0.4 is 5.32 Å². The molecule has 0 radical (unpaired) electrons. The molecule has 0 aromatic carbocycles. The van der Waals surface area contributed by atoms with Gasteiger partial charge in [-0.1, -0.05) is 0 Å². The predicted octanol–water partition coefficient (Wildman–Crippen LogP) is 2.87. The Morgan fingerprint density at radius 1 is 1.44 bits per heavy atom. The van der Waals surface area contributed by atoms with Crippen molar-refractivity contribution >= 4 is 21.6 Å². The number of thiophene rings is 1. The summed E-state index contributed by atoms with van der Waals surface area (Å²) in [6.07, 6.45) is 5.54. The minimum Gasteiger partial charge on any atom is -0.348 e. The lowest BCUT2D eigenvalue weighted by atomic mass is 10.1. The van der Waals surface area contributed by atoms with Gasteiger partial charge in [0.2, 0.25) is 0 Å². The van der Waals surface area contributed by atoms with Gasteiger partial charge in [-0.2, -0.15) is 0 Å². The zero-order valence-electron chi connectivity index (χ0n) is 10.1. The second kappa shape index (κ2) is 4.88. The maximum Gasteiger partial charge on any atom is 0.120 e. The zero-order valence-corrected chi connectivity index (χ0v) is 10.9. The molecule has 92 valence electrons. The first-order valence-corrected chi connectivity index (χ1v) is 6.75. The number of hydrogen-bond donors (Lipinski definition) is 2. The lowest BCUT2D eigenvalue weighted by molar-refractivity contribution is 0.561. The molecule has 0 aliphatic carbocycles. The van der Waals surface area contributed by atoms with E-state index in [1.54, 1.807) is 17.5 Å². The molecule has 0 saturated heterocycles. The number of rotatable bonds is 4. The summed E-state index contributed by atoms with van der Waals surface area (Å²) in [5, 5.41) is 5.50. The van der Waals surface area contributed by atoms with Crippen LogP contribution in [-0.2, 0) is 6.54 Å². The lowest BCUT2D eigenvalue weighted by Crippen LogP contribution is -2.18. The first kappa shape index (κ1) is 11.4. The number of imidazole rings is 1. The maximum atomic E-state index is 4.45. The number of pyridine rings is 1. The van der Waals surface area contributed by atoms with Gasteiger partial charge in [-0.3, -0.25) is 4.98 Å². The Hall–Kier alpha value is -1.72. The number of H-pyrrole nitrogens is 1. The molecule has 0 aliphatic rings. The van der Waals surface area contributed by atoms with Crippen LogP contribution >= 0.6 is 11.3 Å². The average molecular weight is 258 g/mol. The summed E-state index contributed by atoms with van der Waals surface area (Å²) < 4.78 is 1.24. The normalized spacial score (nSPS) is 12.9. The summed E-state index contributed by atoms with van der Waals surface area (Å²) in [5.41, 5.74) is 2.28. The van der Waals surface area contributed by atoms with Crippen molar-refractivity contribution in [1.82, 2.24) is 20.3 Å². The molecule has 4 nitrogen and oxygen atoms in total. The number of nitrogens with zero attached hydrogens (tertiary/aromatic N) is 2. The van der Waals surface area contributed by atoms with Crippen molar-refractivity contribution in [3.8, 4) is 0 Å². The van der Waals surface area contributed by atoms with Crippen LogP contribution in [0.15, 0.2) is 36.1 Å². The Labute approximate surface area is 109 Å². The molecule has 0 bridgehead atoms. The molecule has 18 heavy (non-hydrogen) atoms. The van der Waals surface area contributed by atoms with E-state index in [1.165, 1.54) is 10.3 Å². The van der Waals surface area contributed by atoms with Crippen LogP contribution in [0.1, 0.15) is 24.4 Å². The lowest BCUT2D eigenvalue weighted by Gasteiger charge is -2.12. The molecular weight excluding hydrogens is 244 g/mol. The molecule has 0 fully saturated rings. The van der Waals surface area contributed by atoms with E-state index < -0.39 is 0 Å². The van der Waals surface area contributed by atoms with Gasteiger partial charge in [-0.05, 0) is 30.0 Å². The molecule has 5 heteroatoms. The smallest absolute Gasteiger partial charge is 0.120 e. The highest BCUT2D eigenvalue weighted by Crippen LogP contribution is 2.22. The van der Waals surface area contributed by atoms with Gasteiger partial charge in [0.15, 0.2) is 0 Å². The number of aromatic amines is 1. The molecule has 3 heterocycles. The Balaban J connectivity index is 1.72. The van der Waals surface area contributed by atoms with Crippen molar-refractivity contribution in [2.75, 3.05) is 0 Å². The van der Waals surface area contributed by atoms with E-state index in [4.69, 9.17) is 0 Å². The minimum atomic E-state index is 0.258. The van der Waals surface area contributed by atoms with E-state index in [2.05, 4.69) is 38.6 Å². The van der Waals surface area contributed by atoms with Crippen molar-refractivity contribution in [3.63, 3.8) is 0 Å². The van der Waals surface area contributed by atoms with E-state index in [9.17, 15) is 0 Å². The fourth-order valence-corrected chi connectivity index (χ4v) is 2.65. The van der Waals surface area contributed by atoms with Crippen LogP contribution in [0.5, 0.6) is 0 Å². The van der Waals surface area contributed by atoms with Crippen LogP contribution in [-0.4, -0.2) is 15.0 Å². The summed E-state index contributed by atoms with van der Waals surface area (Å²) in [4.78, 5) is 11.7. The summed E-state index contributed by atoms with van der Waals surface area (Å²) in [5.74, 6) is 0.951. The van der Waals surface area contributed by atoms with E-state index in [0.717, 1.165) is 17.9 Å². The van der Waals surface area contributed by atoms with Gasteiger partial charge < -0.3 is 10.3 Å². The minimum absolute atomic E-state index is 0.258. The summed E-state index contributed by atoms with van der Waals surface area (Å²) >= 11 is 1.73. The third-order valence-electron chi connectivity index (χ3n) is 2.95. The predicted molar refractivity (Wildman–Crippen MR) is 73.5 cm³/mol. The highest BCUT2D eigenvalue weighted by Gasteiger charge is 2.07. The van der Waals surface area contributed by atoms with Gasteiger partial charge in [-0.25, -0.2) is 4.98 Å². The first-order valence-electron chi connectivity index (χ1n) is 5.88. The highest BCUT2D eigenvalue weighted by molar-refractivity contribution is 7.17. The quantitative estimate of drug-likeness (QED) is 0.756. The molecular formula is C13H14N4S. The molecule has 3 rings (SSSR count). The fraction of sp³-hybridized carbons (Fsp3) is 0.231. The number of fused-ring (bicyclic) bond motifs is 1. The Kier molecular flexibility index (Phi) is 3.08. The van der Waals surface area contributed by atoms with Crippen LogP contribution in [0.3, 0.4) is 0 Å². The molecule has 0 spiro atoms. The van der Waals surface area contributed by atoms with Crippen LogP contribution in [0, 0.1) is 0 Å². The SMILES string of the molecule is CC(NCc1ncc[nH]1)c1cnc2ccsc2c1. The van der Waals surface area contributed by atoms with Crippen LogP contribution in [0.4, 0.5) is 0 Å². The largest absolute Gasteiger partial charge is 0.348 e. The van der Waals surface area contributed by atoms with E-state index in [1.807, 2.05) is 18.5 Å². The Morgan fingerprint density at radius 3 is 3.22 bits per heavy atom. The van der Waals surface area contributed by atoms with E-state index in [-0.39, 0.29) is 6.04 Å². The molecule has 1 atom stereocenters. The Morgan fingerprint density at radius 2 is 2.39 bits per heavy atom. The number of aromatic nitrogens is 3. The molecule has 0 aliphatic heterocycles. The van der Waals surface area contributed by atoms with E-state index in [0.29, 0.717) is 0 Å². The zero-order chi connectivity index (χ0) is 12.4. The standard InChI is InChI=1S/C13H14N4S/c1-9(16-8-13-14-3-4-15-13)10-6-12-11(17-7-10)2-5-18-12/h2-7,9,16H,8H2,1H3,(H,14,15). The average Bonchev–Trinajstić information content (AvgIpc) is 3.05. The molecule has 0 saturated carbocycles. The third-order valence-corrected chi connectivity index (χ3v) is 3.81. The molecule has 1 unspecified atom stereocenters. The first-order chi connectivity index (χ1) is 8.83. The molecule has 3 aromatic rings. The summed E-state index contributed by atoms with van der Waals surface area (Å²) in [7, 11) is 0. The van der Waals surface area contributed by atoms with E-state index >= 15 is 0 Å². The molecule has 0 amide bonds. The second-order valence-corrected chi connectivity index (χ2v) is 5.16. The fourth-order valence-electron chi connectivity index (χ4n) is 1.86. The van der Waals surface area contributed by atoms with Crippen molar-refractivity contribution in [1.29, 1.82) is 0 Å². The Bertz CT molecular complexity index is 629. The highest BCUT2D eigenvalue weighted by atomic mass is 32.1. The van der Waals surface area contributed by atoms with Crippen molar-refractivity contribution in [2.24, 2.45) is 0 Å². The number of nitrogens with one attached hydrogen (secondary N) is 2. The molecule has 2 N–H and O–H groups in total. The second-order valence-electron chi connectivity index (χ2n) is 4.21. The van der Waals surface area contributed by atoms with Gasteiger partial charge >= 0.3 is 0 Å². The summed E-state index contributed by atoms with van der Waals surface area (Å²) in [6, 6.07) is 4.51. The molecule has 3 aromatic heterocycles. The van der Waals surface area contributed by atoms with Gasteiger partial charge in [0.1, 0.15) is 5.82 Å². The number of hydrogen-bond acceptors (Lipinski definition) is 4. The van der Waals surface area contributed by atoms with Crippen LogP contribution in [0.2, 0.25) is 0 Å². The van der Waals surface area contributed by atoms with Crippen molar-refractivity contribution in [3.05, 3.63) is 47.5 Å². The van der Waals surface area contributed by atoms with Crippen molar-refractivity contribution < 1.29 is 0 Å². The maximum absolute atomic E-state index is 4.45. The van der Waals surface area contributed by atoms with Gasteiger partial charge in [-0.15, -0.1) is 11.3 Å². The van der Waals surface area contributed by atoms with Gasteiger partial charge in [0.25, 0.3) is 0 Å². The van der Waals surface area contributed by atoms with Crippen LogP contribution in [0.25, 0.3) is 10.2 Å². The topological polar surface area (TPSA) is 53.6 Å². The van der Waals surface area contributed by atoms with Gasteiger partial charge in [0.05, 0.1) is 16.8 Å². The monoisotopic (exact) mass is 258 g/mol. The van der Waals surface area contributed by atoms with Crippen molar-refractivity contribution in [2.45, 2.75) is 19.5 Å². The third kappa shape index (κ3) is 2.27. The summed E-state index contributed by atoms with van der Waals surface area (Å²) in [6.45, 7) is 2.87.